The summed E-state index contributed by atoms with van der Waals surface area (Å²) in [5.41, 5.74) is 2.25. The normalized spacial score (nSPS) is 16.7. The van der Waals surface area contributed by atoms with Crippen molar-refractivity contribution in [3.8, 4) is 5.75 Å². The molecule has 148 valence electrons. The number of rotatable bonds is 5. The van der Waals surface area contributed by atoms with Crippen LogP contribution in [-0.2, 0) is 10.0 Å². The Kier molecular flexibility index (Phi) is 5.07. The Labute approximate surface area is 162 Å². The molecule has 1 saturated heterocycles. The van der Waals surface area contributed by atoms with Crippen molar-refractivity contribution < 1.29 is 21.9 Å². The highest BCUT2D eigenvalue weighted by atomic mass is 32.2. The number of fused-ring (bicyclic) bond motifs is 1. The number of benzene rings is 2. The highest BCUT2D eigenvalue weighted by Gasteiger charge is 2.33. The lowest BCUT2D eigenvalue weighted by molar-refractivity contribution is -0.0518. The van der Waals surface area contributed by atoms with Gasteiger partial charge in [0, 0.05) is 30.2 Å². The number of halogens is 2. The molecule has 5 nitrogen and oxygen atoms in total. The van der Waals surface area contributed by atoms with Gasteiger partial charge in [-0.1, -0.05) is 30.3 Å². The van der Waals surface area contributed by atoms with Gasteiger partial charge < -0.3 is 9.72 Å². The van der Waals surface area contributed by atoms with E-state index in [0.29, 0.717) is 25.9 Å². The summed E-state index contributed by atoms with van der Waals surface area (Å²) < 4.78 is 57.0. The average molecular weight is 406 g/mol. The van der Waals surface area contributed by atoms with E-state index in [9.17, 15) is 17.2 Å². The summed E-state index contributed by atoms with van der Waals surface area (Å²) in [7, 11) is -3.91. The Morgan fingerprint density at radius 1 is 1.04 bits per heavy atom. The number of nitrogens with zero attached hydrogens (tertiary/aromatic N) is 1. The quantitative estimate of drug-likeness (QED) is 0.686. The SMILES string of the molecule is O=S(=O)(c1ccccc1OC(F)F)N1CCC(c2c[nH]c3ccccc23)CC1. The van der Waals surface area contributed by atoms with Gasteiger partial charge in [-0.2, -0.15) is 13.1 Å². The molecule has 1 aliphatic heterocycles. The summed E-state index contributed by atoms with van der Waals surface area (Å²) in [5.74, 6) is -0.0774. The van der Waals surface area contributed by atoms with Crippen molar-refractivity contribution in [2.24, 2.45) is 0 Å². The first-order chi connectivity index (χ1) is 13.5. The van der Waals surface area contributed by atoms with Crippen LogP contribution in [0.2, 0.25) is 0 Å². The van der Waals surface area contributed by atoms with E-state index in [-0.39, 0.29) is 16.6 Å². The van der Waals surface area contributed by atoms with Gasteiger partial charge in [0.25, 0.3) is 0 Å². The van der Waals surface area contributed by atoms with Crippen molar-refractivity contribution in [2.45, 2.75) is 30.3 Å². The fourth-order valence-corrected chi connectivity index (χ4v) is 5.43. The molecule has 1 aliphatic rings. The molecular weight excluding hydrogens is 386 g/mol. The van der Waals surface area contributed by atoms with Gasteiger partial charge >= 0.3 is 6.61 Å². The maximum Gasteiger partial charge on any atom is 0.387 e. The summed E-state index contributed by atoms with van der Waals surface area (Å²) in [6.45, 7) is -2.42. The number of alkyl halides is 2. The molecule has 0 amide bonds. The number of piperidine rings is 1. The second-order valence-electron chi connectivity index (χ2n) is 6.79. The third-order valence-electron chi connectivity index (χ3n) is 5.20. The van der Waals surface area contributed by atoms with Gasteiger partial charge in [0.05, 0.1) is 0 Å². The van der Waals surface area contributed by atoms with E-state index in [1.807, 2.05) is 24.4 Å². The van der Waals surface area contributed by atoms with Crippen LogP contribution in [0.1, 0.15) is 24.3 Å². The number of hydrogen-bond acceptors (Lipinski definition) is 3. The maximum atomic E-state index is 13.0. The number of H-pyrrole nitrogens is 1. The standard InChI is InChI=1S/C20H20F2N2O3S/c21-20(22)27-18-7-3-4-8-19(18)28(25,26)24-11-9-14(10-12-24)16-13-23-17-6-2-1-5-15(16)17/h1-8,13-14,20,23H,9-12H2. The van der Waals surface area contributed by atoms with Crippen molar-refractivity contribution in [3.63, 3.8) is 0 Å². The molecule has 4 rings (SSSR count). The van der Waals surface area contributed by atoms with Gasteiger partial charge in [-0.05, 0) is 42.5 Å². The zero-order valence-electron chi connectivity index (χ0n) is 15.0. The fourth-order valence-electron chi connectivity index (χ4n) is 3.83. The van der Waals surface area contributed by atoms with E-state index >= 15 is 0 Å². The van der Waals surface area contributed by atoms with Crippen molar-refractivity contribution in [1.29, 1.82) is 0 Å². The highest BCUT2D eigenvalue weighted by molar-refractivity contribution is 7.89. The van der Waals surface area contributed by atoms with E-state index in [0.717, 1.165) is 10.9 Å². The number of ether oxygens (including phenoxy) is 1. The Hall–Kier alpha value is -2.45. The molecule has 0 radical (unpaired) electrons. The lowest BCUT2D eigenvalue weighted by atomic mass is 9.90. The molecule has 8 heteroatoms. The molecule has 0 aliphatic carbocycles. The lowest BCUT2D eigenvalue weighted by Crippen LogP contribution is -2.38. The predicted octanol–water partition coefficient (Wildman–Crippen LogP) is 4.34. The zero-order chi connectivity index (χ0) is 19.7. The van der Waals surface area contributed by atoms with Gasteiger partial charge in [-0.15, -0.1) is 0 Å². The summed E-state index contributed by atoms with van der Waals surface area (Å²) in [6, 6.07) is 13.6. The average Bonchev–Trinajstić information content (AvgIpc) is 3.12. The minimum Gasteiger partial charge on any atom is -0.433 e. The van der Waals surface area contributed by atoms with E-state index in [2.05, 4.69) is 15.8 Å². The van der Waals surface area contributed by atoms with Crippen LogP contribution in [0.15, 0.2) is 59.6 Å². The third kappa shape index (κ3) is 3.49. The van der Waals surface area contributed by atoms with Gasteiger partial charge in [-0.25, -0.2) is 8.42 Å². The molecule has 3 aromatic rings. The van der Waals surface area contributed by atoms with Gasteiger partial charge in [0.15, 0.2) is 0 Å². The van der Waals surface area contributed by atoms with Gasteiger partial charge in [0.1, 0.15) is 10.6 Å². The molecule has 0 bridgehead atoms. The van der Waals surface area contributed by atoms with Crippen LogP contribution in [0.4, 0.5) is 8.78 Å². The third-order valence-corrected chi connectivity index (χ3v) is 7.14. The van der Waals surface area contributed by atoms with E-state index in [4.69, 9.17) is 0 Å². The Morgan fingerprint density at radius 2 is 1.71 bits per heavy atom. The summed E-state index contributed by atoms with van der Waals surface area (Å²) in [4.78, 5) is 3.04. The van der Waals surface area contributed by atoms with Crippen LogP contribution in [0.25, 0.3) is 10.9 Å². The van der Waals surface area contributed by atoms with Crippen molar-refractivity contribution in [3.05, 3.63) is 60.3 Å². The second-order valence-corrected chi connectivity index (χ2v) is 8.70. The largest absolute Gasteiger partial charge is 0.433 e. The van der Waals surface area contributed by atoms with Crippen molar-refractivity contribution >= 4 is 20.9 Å². The van der Waals surface area contributed by atoms with Crippen LogP contribution in [-0.4, -0.2) is 37.4 Å². The van der Waals surface area contributed by atoms with Crippen LogP contribution in [0.5, 0.6) is 5.75 Å². The molecule has 1 N–H and O–H groups in total. The summed E-state index contributed by atoms with van der Waals surface area (Å²) in [6.07, 6.45) is 3.32. The topological polar surface area (TPSA) is 62.4 Å². The van der Waals surface area contributed by atoms with Crippen LogP contribution < -0.4 is 4.74 Å². The number of nitrogens with one attached hydrogen (secondary N) is 1. The molecule has 1 fully saturated rings. The van der Waals surface area contributed by atoms with Crippen LogP contribution >= 0.6 is 0 Å². The predicted molar refractivity (Wildman–Crippen MR) is 102 cm³/mol. The van der Waals surface area contributed by atoms with Crippen molar-refractivity contribution in [2.75, 3.05) is 13.1 Å². The number of hydrogen-bond donors (Lipinski definition) is 1. The molecule has 2 aromatic carbocycles. The van der Waals surface area contributed by atoms with E-state index in [1.165, 1.54) is 34.1 Å². The minimum atomic E-state index is -3.91. The molecule has 0 saturated carbocycles. The molecule has 28 heavy (non-hydrogen) atoms. The number of aromatic nitrogens is 1. The zero-order valence-corrected chi connectivity index (χ0v) is 15.8. The second kappa shape index (κ2) is 7.52. The molecule has 0 unspecified atom stereocenters. The number of para-hydroxylation sites is 2. The first-order valence-electron chi connectivity index (χ1n) is 9.07. The first kappa shape index (κ1) is 18.9. The summed E-state index contributed by atoms with van der Waals surface area (Å²) >= 11 is 0. The van der Waals surface area contributed by atoms with Crippen molar-refractivity contribution in [1.82, 2.24) is 9.29 Å². The van der Waals surface area contributed by atoms with E-state index < -0.39 is 16.6 Å². The maximum absolute atomic E-state index is 13.0. The minimum absolute atomic E-state index is 0.221. The number of aromatic amines is 1. The highest BCUT2D eigenvalue weighted by Crippen LogP contribution is 2.36. The Balaban J connectivity index is 1.53. The molecular formula is C20H20F2N2O3S. The lowest BCUT2D eigenvalue weighted by Gasteiger charge is -2.31. The summed E-state index contributed by atoms with van der Waals surface area (Å²) in [5, 5.41) is 1.15. The first-order valence-corrected chi connectivity index (χ1v) is 10.5. The van der Waals surface area contributed by atoms with Gasteiger partial charge in [0.2, 0.25) is 10.0 Å². The van der Waals surface area contributed by atoms with Crippen LogP contribution in [0.3, 0.4) is 0 Å². The molecule has 1 aromatic heterocycles. The van der Waals surface area contributed by atoms with Gasteiger partial charge in [-0.3, -0.25) is 0 Å². The van der Waals surface area contributed by atoms with E-state index in [1.54, 1.807) is 0 Å². The van der Waals surface area contributed by atoms with Crippen LogP contribution in [0, 0.1) is 0 Å². The molecule has 2 heterocycles. The molecule has 0 atom stereocenters. The molecule has 0 spiro atoms. The monoisotopic (exact) mass is 406 g/mol. The Morgan fingerprint density at radius 3 is 2.46 bits per heavy atom. The smallest absolute Gasteiger partial charge is 0.387 e. The fraction of sp³-hybridized carbons (Fsp3) is 0.300. The Bertz CT molecular complexity index is 1070. The number of sulfonamides is 1.